The molecule has 13 heteroatoms. The third-order valence-corrected chi connectivity index (χ3v) is 17.7. The average molecular weight is 967 g/mol. The first-order chi connectivity index (χ1) is 33.3. The van der Waals surface area contributed by atoms with Crippen LogP contribution in [0.15, 0.2) is 126 Å². The summed E-state index contributed by atoms with van der Waals surface area (Å²) in [4.78, 5) is 40.5. The summed E-state index contributed by atoms with van der Waals surface area (Å²) < 4.78 is 24.5. The number of benzene rings is 5. The van der Waals surface area contributed by atoms with Crippen LogP contribution in [0, 0.1) is 0 Å². The van der Waals surface area contributed by atoms with Gasteiger partial charge < -0.3 is 39.4 Å². The fraction of sp³-hybridized carbons (Fsp3) is 0.386. The van der Waals surface area contributed by atoms with Gasteiger partial charge in [-0.2, -0.15) is 0 Å². The lowest BCUT2D eigenvalue weighted by atomic mass is 9.93. The van der Waals surface area contributed by atoms with Gasteiger partial charge in [-0.3, -0.25) is 10.1 Å². The molecule has 0 spiro atoms. The Morgan fingerprint density at radius 2 is 1.40 bits per heavy atom. The second-order valence-electron chi connectivity index (χ2n) is 20.9. The highest BCUT2D eigenvalue weighted by Crippen LogP contribution is 2.41. The molecule has 1 atom stereocenters. The predicted molar refractivity (Wildman–Crippen MR) is 281 cm³/mol. The highest BCUT2D eigenvalue weighted by Gasteiger charge is 2.40. The first-order valence-corrected chi connectivity index (χ1v) is 27.4. The van der Waals surface area contributed by atoms with Crippen LogP contribution in [0.4, 0.5) is 15.3 Å². The number of carbonyl (C=O) groups excluding carboxylic acids is 2. The number of carbonyl (C=O) groups is 2. The minimum atomic E-state index is -2.21. The molecule has 5 N–H and O–H groups in total. The molecule has 1 saturated carbocycles. The Balaban J connectivity index is 0.897. The first kappa shape index (κ1) is 51.4. The Hall–Kier alpha value is -6.41. The average Bonchev–Trinajstić information content (AvgIpc) is 3.30. The van der Waals surface area contributed by atoms with E-state index in [0.717, 1.165) is 64.0 Å². The first-order valence-electron chi connectivity index (χ1n) is 24.5. The second kappa shape index (κ2) is 22.6. The van der Waals surface area contributed by atoms with Crippen molar-refractivity contribution in [1.82, 2.24) is 15.6 Å². The molecule has 0 saturated heterocycles. The molecule has 12 nitrogen and oxygen atoms in total. The van der Waals surface area contributed by atoms with Crippen LogP contribution in [0.25, 0.3) is 22.0 Å². The summed E-state index contributed by atoms with van der Waals surface area (Å²) in [5.41, 5.74) is 6.55. The van der Waals surface area contributed by atoms with Crippen molar-refractivity contribution >= 4 is 37.1 Å². The van der Waals surface area contributed by atoms with Crippen LogP contribution in [0.5, 0.6) is 17.2 Å². The molecule has 1 aliphatic carbocycles. The summed E-state index contributed by atoms with van der Waals surface area (Å²) in [5.74, 6) is 1.53. The number of hydrogen-bond donors (Lipinski definition) is 5. The van der Waals surface area contributed by atoms with Crippen molar-refractivity contribution in [2.45, 2.75) is 135 Å². The molecule has 370 valence electrons. The summed E-state index contributed by atoms with van der Waals surface area (Å²) in [5, 5.41) is 20.9. The largest absolute Gasteiger partial charge is 0.506 e. The zero-order valence-electron chi connectivity index (χ0n) is 41.9. The quantitative estimate of drug-likeness (QED) is 0.0561. The number of alkyl carbamates (subject to hydrolysis) is 1. The van der Waals surface area contributed by atoms with E-state index in [9.17, 15) is 19.5 Å². The van der Waals surface area contributed by atoms with E-state index in [1.165, 1.54) is 11.6 Å². The Morgan fingerprint density at radius 1 is 0.757 bits per heavy atom. The van der Waals surface area contributed by atoms with Crippen molar-refractivity contribution in [2.75, 3.05) is 11.9 Å². The van der Waals surface area contributed by atoms with Gasteiger partial charge in [-0.05, 0) is 154 Å². The molecule has 1 heterocycles. The lowest BCUT2D eigenvalue weighted by Crippen LogP contribution is -2.43. The van der Waals surface area contributed by atoms with Crippen LogP contribution >= 0.6 is 0 Å². The smallest absolute Gasteiger partial charge is 0.411 e. The monoisotopic (exact) mass is 966 g/mol. The summed E-state index contributed by atoms with van der Waals surface area (Å²) >= 11 is 0. The molecular formula is C57H70N4O8Si. The lowest BCUT2D eigenvalue weighted by Gasteiger charge is -2.39. The third-order valence-electron chi connectivity index (χ3n) is 13.2. The molecular weight excluding hydrogens is 897 g/mol. The van der Waals surface area contributed by atoms with Gasteiger partial charge in [-0.25, -0.2) is 9.59 Å². The number of ether oxygens (including phenoxy) is 3. The van der Waals surface area contributed by atoms with E-state index in [0.29, 0.717) is 50.0 Å². The van der Waals surface area contributed by atoms with Gasteiger partial charge in [0, 0.05) is 36.1 Å². The predicted octanol–water partition coefficient (Wildman–Crippen LogP) is 13.1. The normalized spacial score (nSPS) is 15.8. The Morgan fingerprint density at radius 3 is 2.06 bits per heavy atom. The van der Waals surface area contributed by atoms with Crippen molar-refractivity contribution in [2.24, 2.45) is 0 Å². The molecule has 0 unspecified atom stereocenters. The van der Waals surface area contributed by atoms with Crippen LogP contribution < -0.4 is 26.2 Å². The number of nitrogens with one attached hydrogen (secondary N) is 4. The highest BCUT2D eigenvalue weighted by molar-refractivity contribution is 6.74. The molecule has 1 fully saturated rings. The lowest BCUT2D eigenvalue weighted by molar-refractivity contribution is 0.0440. The molecule has 70 heavy (non-hydrogen) atoms. The number of amides is 2. The fourth-order valence-electron chi connectivity index (χ4n) is 8.48. The van der Waals surface area contributed by atoms with Gasteiger partial charge in [-0.1, -0.05) is 93.6 Å². The maximum Gasteiger partial charge on any atom is 0.411 e. The number of aromatic hydroxyl groups is 1. The molecule has 1 aromatic heterocycles. The fourth-order valence-corrected chi connectivity index (χ4v) is 9.75. The number of aryl methyl sites for hydroxylation is 2. The summed E-state index contributed by atoms with van der Waals surface area (Å²) in [7, 11) is -2.21. The second-order valence-corrected chi connectivity index (χ2v) is 25.7. The minimum Gasteiger partial charge on any atom is -0.506 e. The molecule has 1 aliphatic rings. The van der Waals surface area contributed by atoms with E-state index in [2.05, 4.69) is 97.3 Å². The molecule has 0 aliphatic heterocycles. The number of hydrogen-bond acceptors (Lipinski definition) is 9. The maximum atomic E-state index is 13.3. The number of phenols is 1. The molecule has 0 radical (unpaired) electrons. The van der Waals surface area contributed by atoms with Crippen LogP contribution in [-0.4, -0.2) is 54.9 Å². The molecule has 7 rings (SSSR count). The number of aromatic nitrogens is 1. The maximum absolute atomic E-state index is 13.3. The van der Waals surface area contributed by atoms with Crippen LogP contribution in [0.2, 0.25) is 18.1 Å². The zero-order chi connectivity index (χ0) is 50.1. The summed E-state index contributed by atoms with van der Waals surface area (Å²) in [6.07, 6.45) is 3.90. The van der Waals surface area contributed by atoms with Gasteiger partial charge in [0.1, 0.15) is 29.0 Å². The Bertz CT molecular complexity index is 2760. The summed E-state index contributed by atoms with van der Waals surface area (Å²) in [6.45, 7) is 17.8. The standard InChI is InChI=1S/C57H70N4O8Si/c1-56(2,3)68-55(65)59-42-22-28-45(29-23-42)67-54(64)60-49-35-39(21-30-46(49)41-15-10-9-11-16-41)14-12-13-38-17-24-43(25-18-38)66-44-26-19-40(20-27-44)36-58-37-51(69-70(7,8)57(4,5)6)47-31-33-50(62)53-48(47)32-34-52(63)61-53/h9-11,15-21,24-27,30-35,42,45,51,58,62H,12-14,22-23,28-29,36-37H2,1-8H3,(H,59,65)(H,60,64)(H,61,63)/t42?,45?,51-/m0/s1. The van der Waals surface area contributed by atoms with Crippen LogP contribution in [-0.2, 0) is 33.3 Å². The van der Waals surface area contributed by atoms with Crippen molar-refractivity contribution in [1.29, 1.82) is 0 Å². The Labute approximate surface area is 413 Å². The topological polar surface area (TPSA) is 160 Å². The van der Waals surface area contributed by atoms with Gasteiger partial charge >= 0.3 is 12.2 Å². The van der Waals surface area contributed by atoms with Crippen molar-refractivity contribution in [3.05, 3.63) is 154 Å². The number of aromatic amines is 1. The molecule has 6 aromatic rings. The van der Waals surface area contributed by atoms with Crippen LogP contribution in [0.1, 0.15) is 102 Å². The van der Waals surface area contributed by atoms with E-state index >= 15 is 0 Å². The van der Waals surface area contributed by atoms with Crippen LogP contribution in [0.3, 0.4) is 0 Å². The minimum absolute atomic E-state index is 0.0110. The summed E-state index contributed by atoms with van der Waals surface area (Å²) in [6, 6.07) is 39.3. The number of fused-ring (bicyclic) bond motifs is 1. The van der Waals surface area contributed by atoms with Gasteiger partial charge in [0.05, 0.1) is 17.3 Å². The van der Waals surface area contributed by atoms with E-state index in [1.54, 1.807) is 12.1 Å². The molecule has 0 bridgehead atoms. The number of phenolic OH excluding ortho intramolecular Hbond substituents is 1. The number of pyridine rings is 1. The highest BCUT2D eigenvalue weighted by atomic mass is 28.4. The molecule has 5 aromatic carbocycles. The van der Waals surface area contributed by atoms with Gasteiger partial charge in [0.15, 0.2) is 8.32 Å². The van der Waals surface area contributed by atoms with Gasteiger partial charge in [0.25, 0.3) is 0 Å². The van der Waals surface area contributed by atoms with Crippen molar-refractivity contribution < 1.29 is 33.3 Å². The SMILES string of the molecule is CC(C)(C)OC(=O)NC1CCC(OC(=O)Nc2cc(CCCc3ccc(Oc4ccc(CNC[C@H](O[Si](C)(C)C(C)(C)C)c5ccc(O)c6[nH]c(=O)ccc56)cc4)cc3)ccc2-c2ccccc2)CC1. The van der Waals surface area contributed by atoms with E-state index in [1.807, 2.05) is 81.4 Å². The Kier molecular flexibility index (Phi) is 16.6. The van der Waals surface area contributed by atoms with Crippen molar-refractivity contribution in [3.8, 4) is 28.4 Å². The number of anilines is 1. The third kappa shape index (κ3) is 14.3. The zero-order valence-corrected chi connectivity index (χ0v) is 42.9. The number of H-pyrrole nitrogens is 1. The van der Waals surface area contributed by atoms with Gasteiger partial charge in [0.2, 0.25) is 5.56 Å². The molecule has 2 amide bonds. The van der Waals surface area contributed by atoms with Gasteiger partial charge in [-0.15, -0.1) is 0 Å². The van der Waals surface area contributed by atoms with E-state index in [-0.39, 0.29) is 34.6 Å². The van der Waals surface area contributed by atoms with Crippen molar-refractivity contribution in [3.63, 3.8) is 0 Å². The number of rotatable bonds is 17. The van der Waals surface area contributed by atoms with E-state index in [4.69, 9.17) is 18.6 Å². The van der Waals surface area contributed by atoms with E-state index < -0.39 is 26.1 Å².